The molecule has 0 aliphatic rings. The number of thiophene rings is 1. The molecule has 1 amide bonds. The van der Waals surface area contributed by atoms with Crippen molar-refractivity contribution in [1.82, 2.24) is 0 Å². The van der Waals surface area contributed by atoms with E-state index in [0.717, 1.165) is 22.5 Å². The molecule has 0 atom stereocenters. The Balaban J connectivity index is 2.04. The minimum absolute atomic E-state index is 0.169. The van der Waals surface area contributed by atoms with E-state index in [1.54, 1.807) is 34.6 Å². The molecular formula is C27H29NO5S. The number of esters is 2. The number of hydrogen-bond acceptors (Lipinski definition) is 6. The fourth-order valence-electron chi connectivity index (χ4n) is 3.55. The summed E-state index contributed by atoms with van der Waals surface area (Å²) in [7, 11) is 0. The van der Waals surface area contributed by atoms with Crippen molar-refractivity contribution in [3.63, 3.8) is 0 Å². The van der Waals surface area contributed by atoms with E-state index in [-0.39, 0.29) is 33.6 Å². The third kappa shape index (κ3) is 5.91. The average molecular weight is 480 g/mol. The van der Waals surface area contributed by atoms with Crippen LogP contribution < -0.4 is 5.32 Å². The Morgan fingerprint density at radius 2 is 1.24 bits per heavy atom. The second-order valence-electron chi connectivity index (χ2n) is 8.41. The van der Waals surface area contributed by atoms with Crippen LogP contribution in [-0.2, 0) is 14.3 Å². The van der Waals surface area contributed by atoms with Crippen LogP contribution in [0.1, 0.15) is 70.3 Å². The van der Waals surface area contributed by atoms with Crippen LogP contribution in [0.5, 0.6) is 0 Å². The van der Waals surface area contributed by atoms with Crippen LogP contribution in [0.25, 0.3) is 0 Å². The summed E-state index contributed by atoms with van der Waals surface area (Å²) in [5.74, 6) is -2.07. The van der Waals surface area contributed by atoms with E-state index in [1.807, 2.05) is 60.7 Å². The summed E-state index contributed by atoms with van der Waals surface area (Å²) in [5.41, 5.74) is 2.21. The minimum Gasteiger partial charge on any atom is -0.459 e. The molecule has 0 spiro atoms. The van der Waals surface area contributed by atoms with Crippen molar-refractivity contribution < 1.29 is 23.9 Å². The molecule has 1 N–H and O–H groups in total. The van der Waals surface area contributed by atoms with Gasteiger partial charge in [0.1, 0.15) is 9.88 Å². The lowest BCUT2D eigenvalue weighted by molar-refractivity contribution is -0.116. The third-order valence-electron chi connectivity index (χ3n) is 4.99. The molecule has 0 saturated carbocycles. The molecule has 0 fully saturated rings. The SMILES string of the molecule is Cc1c(C(=O)OC(C)C)sc(NC(=O)C(c2ccccc2)c2ccccc2)c1C(=O)OC(C)C. The zero-order valence-electron chi connectivity index (χ0n) is 20.0. The molecule has 0 aliphatic carbocycles. The van der Waals surface area contributed by atoms with E-state index in [2.05, 4.69) is 5.32 Å². The lowest BCUT2D eigenvalue weighted by Crippen LogP contribution is -2.23. The molecule has 178 valence electrons. The van der Waals surface area contributed by atoms with Crippen molar-refractivity contribution >= 4 is 34.2 Å². The average Bonchev–Trinajstić information content (AvgIpc) is 3.10. The number of benzene rings is 2. The van der Waals surface area contributed by atoms with Crippen molar-refractivity contribution in [2.45, 2.75) is 52.7 Å². The second kappa shape index (κ2) is 11.1. The number of rotatable bonds is 8. The highest BCUT2D eigenvalue weighted by Gasteiger charge is 2.30. The fourth-order valence-corrected chi connectivity index (χ4v) is 4.63. The number of ether oxygens (including phenoxy) is 2. The summed E-state index contributed by atoms with van der Waals surface area (Å²) in [5, 5.41) is 3.17. The van der Waals surface area contributed by atoms with Crippen molar-refractivity contribution in [1.29, 1.82) is 0 Å². The summed E-state index contributed by atoms with van der Waals surface area (Å²) in [6, 6.07) is 18.8. The number of carbonyl (C=O) groups excluding carboxylic acids is 3. The highest BCUT2D eigenvalue weighted by atomic mass is 32.1. The smallest absolute Gasteiger partial charge is 0.348 e. The molecule has 3 rings (SSSR count). The maximum atomic E-state index is 13.6. The predicted octanol–water partition coefficient (Wildman–Crippen LogP) is 5.96. The van der Waals surface area contributed by atoms with Gasteiger partial charge in [0.2, 0.25) is 5.91 Å². The zero-order valence-corrected chi connectivity index (χ0v) is 20.8. The van der Waals surface area contributed by atoms with E-state index in [4.69, 9.17) is 9.47 Å². The molecule has 3 aromatic rings. The van der Waals surface area contributed by atoms with Crippen LogP contribution >= 0.6 is 11.3 Å². The van der Waals surface area contributed by atoms with Gasteiger partial charge in [0.25, 0.3) is 0 Å². The molecule has 6 nitrogen and oxygen atoms in total. The van der Waals surface area contributed by atoms with E-state index in [0.29, 0.717) is 5.56 Å². The fraction of sp³-hybridized carbons (Fsp3) is 0.296. The molecule has 7 heteroatoms. The molecular weight excluding hydrogens is 450 g/mol. The first kappa shape index (κ1) is 25.2. The monoisotopic (exact) mass is 479 g/mol. The van der Waals surface area contributed by atoms with E-state index >= 15 is 0 Å². The molecule has 1 heterocycles. The zero-order chi connectivity index (χ0) is 24.8. The molecule has 2 aromatic carbocycles. The van der Waals surface area contributed by atoms with Gasteiger partial charge in [-0.15, -0.1) is 11.3 Å². The Bertz CT molecular complexity index is 1110. The summed E-state index contributed by atoms with van der Waals surface area (Å²) < 4.78 is 10.8. The molecule has 0 aliphatic heterocycles. The third-order valence-corrected chi connectivity index (χ3v) is 6.17. The largest absolute Gasteiger partial charge is 0.459 e. The van der Waals surface area contributed by atoms with Gasteiger partial charge >= 0.3 is 11.9 Å². The van der Waals surface area contributed by atoms with Crippen LogP contribution in [0.2, 0.25) is 0 Å². The summed E-state index contributed by atoms with van der Waals surface area (Å²) in [6.07, 6.45) is -0.679. The van der Waals surface area contributed by atoms with Gasteiger partial charge in [-0.1, -0.05) is 60.7 Å². The summed E-state index contributed by atoms with van der Waals surface area (Å²) in [6.45, 7) is 8.65. The lowest BCUT2D eigenvalue weighted by Gasteiger charge is -2.18. The molecule has 0 bridgehead atoms. The van der Waals surface area contributed by atoms with Crippen LogP contribution in [0.3, 0.4) is 0 Å². The molecule has 1 aromatic heterocycles. The van der Waals surface area contributed by atoms with E-state index < -0.39 is 17.9 Å². The first-order valence-electron chi connectivity index (χ1n) is 11.1. The number of nitrogens with one attached hydrogen (secondary N) is 1. The number of anilines is 1. The van der Waals surface area contributed by atoms with E-state index in [1.165, 1.54) is 0 Å². The van der Waals surface area contributed by atoms with Crippen molar-refractivity contribution in [2.24, 2.45) is 0 Å². The lowest BCUT2D eigenvalue weighted by atomic mass is 9.90. The Morgan fingerprint density at radius 1 is 0.765 bits per heavy atom. The van der Waals surface area contributed by atoms with Crippen molar-refractivity contribution in [3.05, 3.63) is 87.8 Å². The normalized spacial score (nSPS) is 11.1. The molecule has 0 unspecified atom stereocenters. The van der Waals surface area contributed by atoms with Gasteiger partial charge in [0.15, 0.2) is 0 Å². The second-order valence-corrected chi connectivity index (χ2v) is 9.43. The molecule has 34 heavy (non-hydrogen) atoms. The Kier molecular flexibility index (Phi) is 8.23. The van der Waals surface area contributed by atoms with Crippen LogP contribution in [-0.4, -0.2) is 30.1 Å². The van der Waals surface area contributed by atoms with Gasteiger partial charge in [-0.2, -0.15) is 0 Å². The predicted molar refractivity (Wildman–Crippen MR) is 134 cm³/mol. The number of carbonyl (C=O) groups is 3. The van der Waals surface area contributed by atoms with Gasteiger partial charge in [-0.25, -0.2) is 9.59 Å². The number of hydrogen-bond donors (Lipinski definition) is 1. The standard InChI is InChI=1S/C27H29NO5S/c1-16(2)32-26(30)21-18(5)23(27(31)33-17(3)4)34-25(21)28-24(29)22(19-12-8-6-9-13-19)20-14-10-7-11-15-20/h6-17,22H,1-5H3,(H,28,29). The maximum absolute atomic E-state index is 13.6. The first-order valence-corrected chi connectivity index (χ1v) is 12.0. The van der Waals surface area contributed by atoms with Crippen LogP contribution in [0, 0.1) is 6.92 Å². The van der Waals surface area contributed by atoms with Gasteiger partial charge in [-0.3, -0.25) is 4.79 Å². The van der Waals surface area contributed by atoms with Crippen molar-refractivity contribution in [3.8, 4) is 0 Å². The quantitative estimate of drug-likeness (QED) is 0.403. The van der Waals surface area contributed by atoms with Gasteiger partial charge in [0.05, 0.1) is 23.7 Å². The molecule has 0 radical (unpaired) electrons. The summed E-state index contributed by atoms with van der Waals surface area (Å²) in [4.78, 5) is 39.5. The Morgan fingerprint density at radius 3 is 1.71 bits per heavy atom. The van der Waals surface area contributed by atoms with Crippen LogP contribution in [0.15, 0.2) is 60.7 Å². The van der Waals surface area contributed by atoms with Crippen LogP contribution in [0.4, 0.5) is 5.00 Å². The van der Waals surface area contributed by atoms with Crippen molar-refractivity contribution in [2.75, 3.05) is 5.32 Å². The first-order chi connectivity index (χ1) is 16.2. The van der Waals surface area contributed by atoms with Gasteiger partial charge < -0.3 is 14.8 Å². The highest BCUT2D eigenvalue weighted by Crippen LogP contribution is 2.36. The number of amides is 1. The van der Waals surface area contributed by atoms with Gasteiger partial charge in [-0.05, 0) is 51.3 Å². The summed E-state index contributed by atoms with van der Waals surface area (Å²) >= 11 is 1.02. The minimum atomic E-state index is -0.607. The molecule has 0 saturated heterocycles. The topological polar surface area (TPSA) is 81.7 Å². The Labute approximate surface area is 203 Å². The maximum Gasteiger partial charge on any atom is 0.348 e. The van der Waals surface area contributed by atoms with E-state index in [9.17, 15) is 14.4 Å². The highest BCUT2D eigenvalue weighted by molar-refractivity contribution is 7.18. The Hall–Kier alpha value is -3.45. The van der Waals surface area contributed by atoms with Gasteiger partial charge in [0, 0.05) is 0 Å².